The lowest BCUT2D eigenvalue weighted by atomic mass is 10.1. The van der Waals surface area contributed by atoms with Gasteiger partial charge in [-0.3, -0.25) is 14.4 Å². The summed E-state index contributed by atoms with van der Waals surface area (Å²) in [4.78, 5) is 54.8. The van der Waals surface area contributed by atoms with Gasteiger partial charge >= 0.3 is 5.97 Å². The number of amides is 3. The number of H-pyrrole nitrogens is 1. The summed E-state index contributed by atoms with van der Waals surface area (Å²) in [6.07, 6.45) is 0.0259. The van der Waals surface area contributed by atoms with Gasteiger partial charge in [-0.05, 0) is 13.8 Å². The topological polar surface area (TPSA) is 240 Å². The van der Waals surface area contributed by atoms with Gasteiger partial charge in [-0.15, -0.1) is 0 Å². The van der Waals surface area contributed by atoms with E-state index in [1.165, 1.54) is 19.4 Å². The number of carbonyl (C=O) groups excluding carboxylic acids is 3. The van der Waals surface area contributed by atoms with Crippen molar-refractivity contribution < 1.29 is 39.6 Å². The number of aliphatic hydroxyl groups excluding tert-OH is 3. The van der Waals surface area contributed by atoms with Crippen molar-refractivity contribution in [2.75, 3.05) is 6.61 Å². The molecule has 0 aliphatic rings. The first-order valence-corrected chi connectivity index (χ1v) is 9.31. The van der Waals surface area contributed by atoms with Crippen LogP contribution in [0.4, 0.5) is 0 Å². The van der Waals surface area contributed by atoms with Crippen LogP contribution in [0.15, 0.2) is 12.5 Å². The number of nitrogens with two attached hydrogens (primary N) is 1. The maximum absolute atomic E-state index is 12.7. The quantitative estimate of drug-likeness (QED) is 0.150. The summed E-state index contributed by atoms with van der Waals surface area (Å²) >= 11 is 0. The molecule has 0 aliphatic carbocycles. The summed E-state index contributed by atoms with van der Waals surface area (Å²) < 4.78 is 0. The number of carboxylic acids is 1. The number of carboxylic acid groups (broad SMARTS) is 1. The van der Waals surface area contributed by atoms with Crippen LogP contribution in [-0.2, 0) is 25.6 Å². The number of aromatic nitrogens is 2. The Morgan fingerprint density at radius 2 is 1.61 bits per heavy atom. The van der Waals surface area contributed by atoms with E-state index in [0.717, 1.165) is 6.92 Å². The van der Waals surface area contributed by atoms with Gasteiger partial charge in [-0.25, -0.2) is 9.78 Å². The Morgan fingerprint density at radius 1 is 1.03 bits per heavy atom. The van der Waals surface area contributed by atoms with E-state index in [1.807, 2.05) is 5.32 Å². The number of rotatable bonds is 12. The monoisotopic (exact) mass is 444 g/mol. The van der Waals surface area contributed by atoms with E-state index < -0.39 is 66.7 Å². The SMILES string of the molecule is CC(O)C(N)C(=O)NC(Cc1cnc[nH]1)C(=O)NC(CO)C(=O)NC(C(=O)O)C(C)O. The third kappa shape index (κ3) is 7.93. The maximum Gasteiger partial charge on any atom is 0.328 e. The summed E-state index contributed by atoms with van der Waals surface area (Å²) in [6.45, 7) is 1.55. The predicted octanol–water partition coefficient (Wildman–Crippen LogP) is -4.43. The van der Waals surface area contributed by atoms with Crippen molar-refractivity contribution in [1.82, 2.24) is 25.9 Å². The molecular weight excluding hydrogens is 416 g/mol. The summed E-state index contributed by atoms with van der Waals surface area (Å²) in [7, 11) is 0. The first kappa shape index (κ1) is 26.0. The smallest absolute Gasteiger partial charge is 0.328 e. The molecule has 174 valence electrons. The summed E-state index contributed by atoms with van der Waals surface area (Å²) in [5.41, 5.74) is 6.03. The van der Waals surface area contributed by atoms with E-state index in [2.05, 4.69) is 20.6 Å². The minimum absolute atomic E-state index is 0.0880. The van der Waals surface area contributed by atoms with Crippen LogP contribution in [-0.4, -0.2) is 97.1 Å². The average Bonchev–Trinajstić information content (AvgIpc) is 3.20. The lowest BCUT2D eigenvalue weighted by molar-refractivity contribution is -0.145. The van der Waals surface area contributed by atoms with E-state index >= 15 is 0 Å². The lowest BCUT2D eigenvalue weighted by Gasteiger charge is -2.25. The highest BCUT2D eigenvalue weighted by atomic mass is 16.4. The van der Waals surface area contributed by atoms with Gasteiger partial charge in [0.1, 0.15) is 18.1 Å². The van der Waals surface area contributed by atoms with Gasteiger partial charge in [0.15, 0.2) is 6.04 Å². The number of imidazole rings is 1. The van der Waals surface area contributed by atoms with E-state index in [4.69, 9.17) is 10.8 Å². The molecule has 0 fully saturated rings. The molecule has 0 saturated carbocycles. The van der Waals surface area contributed by atoms with Crippen LogP contribution in [0.5, 0.6) is 0 Å². The number of aromatic amines is 1. The first-order valence-electron chi connectivity index (χ1n) is 9.31. The van der Waals surface area contributed by atoms with Crippen LogP contribution in [0.1, 0.15) is 19.5 Å². The number of carbonyl (C=O) groups is 4. The molecule has 0 spiro atoms. The van der Waals surface area contributed by atoms with Crippen molar-refractivity contribution in [2.24, 2.45) is 5.73 Å². The zero-order valence-electron chi connectivity index (χ0n) is 17.0. The van der Waals surface area contributed by atoms with Gasteiger partial charge in [-0.2, -0.15) is 0 Å². The largest absolute Gasteiger partial charge is 0.480 e. The van der Waals surface area contributed by atoms with Crippen molar-refractivity contribution in [3.63, 3.8) is 0 Å². The Labute approximate surface area is 177 Å². The molecular formula is C17H28N6O8. The summed E-state index contributed by atoms with van der Waals surface area (Å²) in [5.74, 6) is -4.29. The zero-order valence-corrected chi connectivity index (χ0v) is 17.0. The second-order valence-corrected chi connectivity index (χ2v) is 6.92. The standard InChI is InChI=1S/C17H28N6O8/c1-7(25)12(18)16(29)21-10(3-9-4-19-6-20-9)14(27)22-11(5-24)15(28)23-13(8(2)26)17(30)31/h4,6-8,10-13,24-26H,3,5,18H2,1-2H3,(H,19,20)(H,21,29)(H,22,27)(H,23,28)(H,30,31). The average molecular weight is 444 g/mol. The van der Waals surface area contributed by atoms with Crippen molar-refractivity contribution in [2.45, 2.75) is 56.6 Å². The molecule has 31 heavy (non-hydrogen) atoms. The predicted molar refractivity (Wildman–Crippen MR) is 104 cm³/mol. The highest BCUT2D eigenvalue weighted by Gasteiger charge is 2.32. The van der Waals surface area contributed by atoms with Gasteiger partial charge in [0.2, 0.25) is 17.7 Å². The number of hydrogen-bond donors (Lipinski definition) is 9. The molecule has 0 saturated heterocycles. The molecule has 3 amide bonds. The Bertz CT molecular complexity index is 754. The maximum atomic E-state index is 12.7. The van der Waals surface area contributed by atoms with Gasteiger partial charge < -0.3 is 47.1 Å². The highest BCUT2D eigenvalue weighted by molar-refractivity contribution is 5.94. The number of hydrogen-bond acceptors (Lipinski definition) is 9. The summed E-state index contributed by atoms with van der Waals surface area (Å²) in [5, 5.41) is 44.0. The fraction of sp³-hybridized carbons (Fsp3) is 0.588. The zero-order chi connectivity index (χ0) is 23.7. The Hall–Kier alpha value is -3.07. The molecule has 0 aromatic carbocycles. The molecule has 1 heterocycles. The van der Waals surface area contributed by atoms with Crippen LogP contribution in [0, 0.1) is 0 Å². The van der Waals surface area contributed by atoms with Crippen molar-refractivity contribution in [1.29, 1.82) is 0 Å². The number of nitrogens with one attached hydrogen (secondary N) is 4. The number of aliphatic hydroxyl groups is 3. The Morgan fingerprint density at radius 3 is 2.06 bits per heavy atom. The van der Waals surface area contributed by atoms with E-state index in [1.54, 1.807) is 0 Å². The molecule has 6 unspecified atom stereocenters. The minimum Gasteiger partial charge on any atom is -0.480 e. The van der Waals surface area contributed by atoms with Gasteiger partial charge in [0.05, 0.1) is 25.1 Å². The normalized spacial score (nSPS) is 16.8. The molecule has 6 atom stereocenters. The van der Waals surface area contributed by atoms with Crippen LogP contribution < -0.4 is 21.7 Å². The molecule has 14 heteroatoms. The molecule has 0 radical (unpaired) electrons. The van der Waals surface area contributed by atoms with Crippen LogP contribution in [0.25, 0.3) is 0 Å². The highest BCUT2D eigenvalue weighted by Crippen LogP contribution is 2.02. The van der Waals surface area contributed by atoms with Crippen LogP contribution in [0.2, 0.25) is 0 Å². The third-order valence-electron chi connectivity index (χ3n) is 4.30. The summed E-state index contributed by atoms with van der Waals surface area (Å²) in [6, 6.07) is -5.83. The second kappa shape index (κ2) is 11.9. The first-order chi connectivity index (χ1) is 14.5. The van der Waals surface area contributed by atoms with Crippen molar-refractivity contribution >= 4 is 23.7 Å². The fourth-order valence-electron chi connectivity index (χ4n) is 2.42. The Balaban J connectivity index is 2.94. The third-order valence-corrected chi connectivity index (χ3v) is 4.30. The van der Waals surface area contributed by atoms with E-state index in [-0.39, 0.29) is 6.42 Å². The molecule has 1 aromatic rings. The number of aliphatic carboxylic acids is 1. The Kier molecular flexibility index (Phi) is 10.0. The molecule has 0 aliphatic heterocycles. The van der Waals surface area contributed by atoms with Crippen molar-refractivity contribution in [3.8, 4) is 0 Å². The molecule has 14 nitrogen and oxygen atoms in total. The molecule has 1 rings (SSSR count). The lowest BCUT2D eigenvalue weighted by Crippen LogP contribution is -2.60. The van der Waals surface area contributed by atoms with Gasteiger partial charge in [-0.1, -0.05) is 0 Å². The van der Waals surface area contributed by atoms with E-state index in [0.29, 0.717) is 5.69 Å². The van der Waals surface area contributed by atoms with Crippen molar-refractivity contribution in [3.05, 3.63) is 18.2 Å². The second-order valence-electron chi connectivity index (χ2n) is 6.92. The molecule has 0 bridgehead atoms. The molecule has 10 N–H and O–H groups in total. The van der Waals surface area contributed by atoms with Crippen LogP contribution >= 0.6 is 0 Å². The molecule has 1 aromatic heterocycles. The van der Waals surface area contributed by atoms with E-state index in [9.17, 15) is 34.5 Å². The fourth-order valence-corrected chi connectivity index (χ4v) is 2.42. The minimum atomic E-state index is -1.66. The van der Waals surface area contributed by atoms with Crippen LogP contribution in [0.3, 0.4) is 0 Å². The number of nitrogens with zero attached hydrogens (tertiary/aromatic N) is 1. The van der Waals surface area contributed by atoms with Gasteiger partial charge in [0, 0.05) is 18.3 Å². The van der Waals surface area contributed by atoms with Gasteiger partial charge in [0.25, 0.3) is 0 Å².